The molecule has 1 aromatic heterocycles. The van der Waals surface area contributed by atoms with Crippen LogP contribution in [0.25, 0.3) is 0 Å². The Bertz CT molecular complexity index is 651. The molecule has 0 saturated carbocycles. The van der Waals surface area contributed by atoms with Crippen molar-refractivity contribution in [3.8, 4) is 0 Å². The van der Waals surface area contributed by atoms with E-state index < -0.39 is 0 Å². The Hall–Kier alpha value is -1.65. The first kappa shape index (κ1) is 15.3. The van der Waals surface area contributed by atoms with Gasteiger partial charge < -0.3 is 10.2 Å². The second kappa shape index (κ2) is 6.23. The van der Waals surface area contributed by atoms with Gasteiger partial charge in [-0.3, -0.25) is 0 Å². The maximum Gasteiger partial charge on any atom is 0.225 e. The van der Waals surface area contributed by atoms with Gasteiger partial charge in [-0.1, -0.05) is 29.8 Å². The van der Waals surface area contributed by atoms with Gasteiger partial charge in [-0.2, -0.15) is 0 Å². The average molecular weight is 317 g/mol. The fourth-order valence-electron chi connectivity index (χ4n) is 3.20. The SMILES string of the molecule is CN(C)c1nccc(C2(c3ccccc3Cl)CCNCC2)n1. The molecule has 0 atom stereocenters. The second-order valence-corrected chi connectivity index (χ2v) is 6.36. The van der Waals surface area contributed by atoms with Crippen LogP contribution in [0, 0.1) is 0 Å². The molecule has 0 unspecified atom stereocenters. The molecule has 0 spiro atoms. The normalized spacial score (nSPS) is 17.2. The molecule has 0 radical (unpaired) electrons. The van der Waals surface area contributed by atoms with Crippen molar-refractivity contribution < 1.29 is 0 Å². The summed E-state index contributed by atoms with van der Waals surface area (Å²) in [6, 6.07) is 10.2. The molecule has 1 saturated heterocycles. The first-order valence-corrected chi connectivity index (χ1v) is 7.98. The van der Waals surface area contributed by atoms with Crippen molar-refractivity contribution in [1.29, 1.82) is 0 Å². The van der Waals surface area contributed by atoms with Gasteiger partial charge in [0, 0.05) is 30.7 Å². The minimum Gasteiger partial charge on any atom is -0.347 e. The van der Waals surface area contributed by atoms with Gasteiger partial charge in [0.05, 0.1) is 5.69 Å². The van der Waals surface area contributed by atoms with Crippen LogP contribution in [0.3, 0.4) is 0 Å². The van der Waals surface area contributed by atoms with Crippen LogP contribution in [0.2, 0.25) is 5.02 Å². The van der Waals surface area contributed by atoms with Crippen LogP contribution in [0.5, 0.6) is 0 Å². The Morgan fingerprint density at radius 1 is 1.14 bits per heavy atom. The highest BCUT2D eigenvalue weighted by Gasteiger charge is 2.38. The third kappa shape index (κ3) is 2.69. The molecule has 4 nitrogen and oxygen atoms in total. The van der Waals surface area contributed by atoms with Crippen molar-refractivity contribution in [2.75, 3.05) is 32.1 Å². The molecule has 0 amide bonds. The smallest absolute Gasteiger partial charge is 0.225 e. The monoisotopic (exact) mass is 316 g/mol. The quantitative estimate of drug-likeness (QED) is 0.945. The number of piperidine rings is 1. The molecule has 2 heterocycles. The van der Waals surface area contributed by atoms with Gasteiger partial charge in [0.2, 0.25) is 5.95 Å². The molecule has 116 valence electrons. The summed E-state index contributed by atoms with van der Waals surface area (Å²) in [5, 5.41) is 4.25. The lowest BCUT2D eigenvalue weighted by Crippen LogP contribution is -2.41. The lowest BCUT2D eigenvalue weighted by Gasteiger charge is -2.38. The molecule has 0 aliphatic carbocycles. The Balaban J connectivity index is 2.15. The predicted octanol–water partition coefficient (Wildman–Crippen LogP) is 2.87. The fraction of sp³-hybridized carbons (Fsp3) is 0.412. The van der Waals surface area contributed by atoms with E-state index in [0.717, 1.165) is 42.6 Å². The second-order valence-electron chi connectivity index (χ2n) is 5.95. The van der Waals surface area contributed by atoms with E-state index in [1.807, 2.05) is 43.4 Å². The molecule has 1 aromatic carbocycles. The molecule has 3 rings (SSSR count). The zero-order valence-electron chi connectivity index (χ0n) is 13.0. The Labute approximate surface area is 136 Å². The standard InChI is InChI=1S/C17H21ClN4/c1-22(2)16-20-10-7-15(21-16)17(8-11-19-12-9-17)13-5-3-4-6-14(13)18/h3-7,10,19H,8-9,11-12H2,1-2H3. The van der Waals surface area contributed by atoms with Crippen LogP contribution in [-0.2, 0) is 5.41 Å². The van der Waals surface area contributed by atoms with Gasteiger partial charge in [0.1, 0.15) is 0 Å². The third-order valence-corrected chi connectivity index (χ3v) is 4.71. The van der Waals surface area contributed by atoms with Crippen LogP contribution < -0.4 is 10.2 Å². The van der Waals surface area contributed by atoms with E-state index in [2.05, 4.69) is 22.4 Å². The molecule has 1 N–H and O–H groups in total. The number of aromatic nitrogens is 2. The largest absolute Gasteiger partial charge is 0.347 e. The highest BCUT2D eigenvalue weighted by molar-refractivity contribution is 6.31. The molecular weight excluding hydrogens is 296 g/mol. The molecule has 1 aliphatic rings. The van der Waals surface area contributed by atoms with Crippen molar-refractivity contribution in [1.82, 2.24) is 15.3 Å². The van der Waals surface area contributed by atoms with E-state index in [0.29, 0.717) is 0 Å². The average Bonchev–Trinajstić information content (AvgIpc) is 2.56. The Morgan fingerprint density at radius 3 is 2.55 bits per heavy atom. The maximum absolute atomic E-state index is 6.53. The van der Waals surface area contributed by atoms with Crippen molar-refractivity contribution in [2.45, 2.75) is 18.3 Å². The van der Waals surface area contributed by atoms with Gasteiger partial charge in [-0.15, -0.1) is 0 Å². The molecule has 22 heavy (non-hydrogen) atoms. The van der Waals surface area contributed by atoms with Crippen LogP contribution in [-0.4, -0.2) is 37.2 Å². The zero-order chi connectivity index (χ0) is 15.6. The summed E-state index contributed by atoms with van der Waals surface area (Å²) >= 11 is 6.53. The van der Waals surface area contributed by atoms with E-state index in [9.17, 15) is 0 Å². The number of anilines is 1. The molecule has 1 fully saturated rings. The van der Waals surface area contributed by atoms with Crippen molar-refractivity contribution >= 4 is 17.5 Å². The van der Waals surface area contributed by atoms with Gasteiger partial charge in [0.15, 0.2) is 0 Å². The highest BCUT2D eigenvalue weighted by atomic mass is 35.5. The first-order chi connectivity index (χ1) is 10.6. The fourth-order valence-corrected chi connectivity index (χ4v) is 3.51. The molecule has 5 heteroatoms. The minimum absolute atomic E-state index is 0.142. The van der Waals surface area contributed by atoms with Crippen molar-refractivity contribution in [3.05, 3.63) is 52.8 Å². The topological polar surface area (TPSA) is 41.1 Å². The number of halogens is 1. The molecule has 1 aliphatic heterocycles. The highest BCUT2D eigenvalue weighted by Crippen LogP contribution is 2.42. The summed E-state index contributed by atoms with van der Waals surface area (Å²) in [6.07, 6.45) is 3.82. The van der Waals surface area contributed by atoms with Gasteiger partial charge >= 0.3 is 0 Å². The zero-order valence-corrected chi connectivity index (χ0v) is 13.8. The van der Waals surface area contributed by atoms with E-state index in [-0.39, 0.29) is 5.41 Å². The molecule has 0 bridgehead atoms. The lowest BCUT2D eigenvalue weighted by molar-refractivity contribution is 0.354. The number of nitrogens with zero attached hydrogens (tertiary/aromatic N) is 3. The summed E-state index contributed by atoms with van der Waals surface area (Å²) < 4.78 is 0. The Morgan fingerprint density at radius 2 is 1.86 bits per heavy atom. The van der Waals surface area contributed by atoms with Crippen LogP contribution in [0.1, 0.15) is 24.1 Å². The van der Waals surface area contributed by atoms with Gasteiger partial charge in [-0.05, 0) is 43.6 Å². The summed E-state index contributed by atoms with van der Waals surface area (Å²) in [7, 11) is 3.92. The summed E-state index contributed by atoms with van der Waals surface area (Å²) in [6.45, 7) is 1.93. The van der Waals surface area contributed by atoms with Crippen LogP contribution in [0.15, 0.2) is 36.5 Å². The predicted molar refractivity (Wildman–Crippen MR) is 90.7 cm³/mol. The number of rotatable bonds is 3. The number of nitrogens with one attached hydrogen (secondary N) is 1. The number of benzene rings is 1. The lowest BCUT2D eigenvalue weighted by atomic mass is 9.70. The molecular formula is C17H21ClN4. The number of hydrogen-bond donors (Lipinski definition) is 1. The van der Waals surface area contributed by atoms with E-state index >= 15 is 0 Å². The first-order valence-electron chi connectivity index (χ1n) is 7.60. The van der Waals surface area contributed by atoms with Gasteiger partial charge in [-0.25, -0.2) is 9.97 Å². The maximum atomic E-state index is 6.53. The van der Waals surface area contributed by atoms with E-state index in [1.165, 1.54) is 5.56 Å². The van der Waals surface area contributed by atoms with Gasteiger partial charge in [0.25, 0.3) is 0 Å². The third-order valence-electron chi connectivity index (χ3n) is 4.38. The minimum atomic E-state index is -0.142. The van der Waals surface area contributed by atoms with Crippen molar-refractivity contribution in [2.24, 2.45) is 0 Å². The summed E-state index contributed by atoms with van der Waals surface area (Å²) in [5.74, 6) is 0.738. The van der Waals surface area contributed by atoms with Crippen molar-refractivity contribution in [3.63, 3.8) is 0 Å². The van der Waals surface area contributed by atoms with Crippen LogP contribution >= 0.6 is 11.6 Å². The van der Waals surface area contributed by atoms with E-state index in [1.54, 1.807) is 0 Å². The van der Waals surface area contributed by atoms with E-state index in [4.69, 9.17) is 16.6 Å². The molecule has 2 aromatic rings. The Kier molecular flexibility index (Phi) is 4.32. The summed E-state index contributed by atoms with van der Waals surface area (Å²) in [5.41, 5.74) is 2.08. The van der Waals surface area contributed by atoms with Crippen LogP contribution in [0.4, 0.5) is 5.95 Å². The summed E-state index contributed by atoms with van der Waals surface area (Å²) in [4.78, 5) is 11.1. The number of hydrogen-bond acceptors (Lipinski definition) is 4.